The summed E-state index contributed by atoms with van der Waals surface area (Å²) in [5.74, 6) is 0.702. The molecule has 1 aromatic heterocycles. The number of aromatic nitrogens is 1. The molecule has 0 aliphatic carbocycles. The summed E-state index contributed by atoms with van der Waals surface area (Å²) in [5, 5.41) is 3.31. The maximum atomic E-state index is 5.73. The summed E-state index contributed by atoms with van der Waals surface area (Å²) >= 11 is 3.32. The molecule has 0 aromatic carbocycles. The van der Waals surface area contributed by atoms with Gasteiger partial charge in [0.25, 0.3) is 0 Å². The molecular formula is C10H14BrClN2O. The van der Waals surface area contributed by atoms with Gasteiger partial charge in [-0.2, -0.15) is 0 Å². The van der Waals surface area contributed by atoms with E-state index in [0.29, 0.717) is 5.88 Å². The van der Waals surface area contributed by atoms with E-state index in [1.165, 1.54) is 6.42 Å². The summed E-state index contributed by atoms with van der Waals surface area (Å²) in [7, 11) is 0. The van der Waals surface area contributed by atoms with Crippen LogP contribution in [0, 0.1) is 0 Å². The molecule has 5 heteroatoms. The zero-order valence-corrected chi connectivity index (χ0v) is 10.7. The second kappa shape index (κ2) is 6.30. The van der Waals surface area contributed by atoms with Crippen LogP contribution in [0.3, 0.4) is 0 Å². The smallest absolute Gasteiger partial charge is 0.214 e. The number of hydrogen-bond donors (Lipinski definition) is 1. The lowest BCUT2D eigenvalue weighted by Crippen LogP contribution is -2.37. The van der Waals surface area contributed by atoms with E-state index in [1.807, 2.05) is 18.2 Å². The number of ether oxygens (including phenoxy) is 1. The highest BCUT2D eigenvalue weighted by molar-refractivity contribution is 9.10. The van der Waals surface area contributed by atoms with Gasteiger partial charge in [-0.1, -0.05) is 6.07 Å². The lowest BCUT2D eigenvalue weighted by molar-refractivity contribution is 0.160. The quantitative estimate of drug-likeness (QED) is 0.850. The first-order valence-corrected chi connectivity index (χ1v) is 5.64. The zero-order chi connectivity index (χ0) is 9.80. The fourth-order valence-corrected chi connectivity index (χ4v) is 1.87. The first-order valence-electron chi connectivity index (χ1n) is 4.84. The number of halogens is 2. The van der Waals surface area contributed by atoms with Crippen molar-refractivity contribution in [3.05, 3.63) is 22.8 Å². The van der Waals surface area contributed by atoms with Crippen LogP contribution in [0.4, 0.5) is 0 Å². The average Bonchev–Trinajstić information content (AvgIpc) is 2.19. The van der Waals surface area contributed by atoms with Gasteiger partial charge in [0.15, 0.2) is 0 Å². The van der Waals surface area contributed by atoms with E-state index in [9.17, 15) is 0 Å². The van der Waals surface area contributed by atoms with E-state index in [-0.39, 0.29) is 18.5 Å². The van der Waals surface area contributed by atoms with E-state index < -0.39 is 0 Å². The number of nitrogens with one attached hydrogen (secondary N) is 1. The minimum Gasteiger partial charge on any atom is -0.473 e. The molecule has 1 N–H and O–H groups in total. The van der Waals surface area contributed by atoms with Crippen molar-refractivity contribution in [2.75, 3.05) is 13.1 Å². The largest absolute Gasteiger partial charge is 0.473 e. The number of hydrogen-bond acceptors (Lipinski definition) is 3. The van der Waals surface area contributed by atoms with Gasteiger partial charge in [0.05, 0.1) is 0 Å². The molecule has 0 spiro atoms. The molecule has 0 radical (unpaired) electrons. The summed E-state index contributed by atoms with van der Waals surface area (Å²) in [4.78, 5) is 4.23. The Morgan fingerprint density at radius 2 is 2.33 bits per heavy atom. The molecule has 1 aliphatic rings. The highest BCUT2D eigenvalue weighted by Crippen LogP contribution is 2.15. The minimum absolute atomic E-state index is 0. The highest BCUT2D eigenvalue weighted by Gasteiger charge is 2.14. The van der Waals surface area contributed by atoms with E-state index in [2.05, 4.69) is 26.2 Å². The molecule has 1 fully saturated rings. The van der Waals surface area contributed by atoms with E-state index in [1.54, 1.807) is 0 Å². The third kappa shape index (κ3) is 3.97. The molecule has 1 aromatic rings. The van der Waals surface area contributed by atoms with Crippen molar-refractivity contribution in [3.8, 4) is 5.88 Å². The molecule has 0 unspecified atom stereocenters. The monoisotopic (exact) mass is 292 g/mol. The van der Waals surface area contributed by atoms with Crippen LogP contribution in [0.15, 0.2) is 22.8 Å². The average molecular weight is 294 g/mol. The normalized spacial score (nSPS) is 20.5. The van der Waals surface area contributed by atoms with Crippen LogP contribution in [0.1, 0.15) is 12.8 Å². The van der Waals surface area contributed by atoms with Gasteiger partial charge in [0.1, 0.15) is 10.7 Å². The molecule has 1 saturated heterocycles. The molecule has 3 nitrogen and oxygen atoms in total. The number of nitrogens with zero attached hydrogens (tertiary/aromatic N) is 1. The van der Waals surface area contributed by atoms with Gasteiger partial charge in [0, 0.05) is 12.6 Å². The van der Waals surface area contributed by atoms with Gasteiger partial charge in [0.2, 0.25) is 5.88 Å². The van der Waals surface area contributed by atoms with E-state index >= 15 is 0 Å². The summed E-state index contributed by atoms with van der Waals surface area (Å²) in [6.45, 7) is 2.03. The fraction of sp³-hybridized carbons (Fsp3) is 0.500. The van der Waals surface area contributed by atoms with Crippen LogP contribution in [-0.4, -0.2) is 24.2 Å². The second-order valence-corrected chi connectivity index (χ2v) is 4.20. The first kappa shape index (κ1) is 12.7. The highest BCUT2D eigenvalue weighted by atomic mass is 79.9. The van der Waals surface area contributed by atoms with Crippen LogP contribution in [0.2, 0.25) is 0 Å². The van der Waals surface area contributed by atoms with E-state index in [4.69, 9.17) is 4.74 Å². The van der Waals surface area contributed by atoms with Crippen LogP contribution < -0.4 is 10.1 Å². The summed E-state index contributed by atoms with van der Waals surface area (Å²) in [6, 6.07) is 5.72. The molecule has 1 aliphatic heterocycles. The molecule has 2 heterocycles. The van der Waals surface area contributed by atoms with Crippen molar-refractivity contribution in [1.29, 1.82) is 0 Å². The Labute approximate surface area is 104 Å². The Bertz CT molecular complexity index is 305. The van der Waals surface area contributed by atoms with Crippen LogP contribution >= 0.6 is 28.3 Å². The van der Waals surface area contributed by atoms with Gasteiger partial charge < -0.3 is 10.1 Å². The van der Waals surface area contributed by atoms with E-state index in [0.717, 1.165) is 24.1 Å². The number of piperidine rings is 1. The van der Waals surface area contributed by atoms with Crippen LogP contribution in [0.25, 0.3) is 0 Å². The SMILES string of the molecule is Brc1cccc(O[C@@H]2CCCNC2)n1.Cl. The van der Waals surface area contributed by atoms with Crippen molar-refractivity contribution in [2.24, 2.45) is 0 Å². The third-order valence-corrected chi connectivity index (χ3v) is 2.67. The molecular weight excluding hydrogens is 279 g/mol. The third-order valence-electron chi connectivity index (χ3n) is 2.23. The van der Waals surface area contributed by atoms with Crippen molar-refractivity contribution < 1.29 is 4.74 Å². The predicted molar refractivity (Wildman–Crippen MR) is 65.7 cm³/mol. The first-order chi connectivity index (χ1) is 6.84. The Balaban J connectivity index is 0.00000112. The standard InChI is InChI=1S/C10H13BrN2O.ClH/c11-9-4-1-5-10(13-9)14-8-3-2-6-12-7-8;/h1,4-5,8,12H,2-3,6-7H2;1H/t8-;/m1./s1. The molecule has 0 bridgehead atoms. The summed E-state index contributed by atoms with van der Waals surface area (Å²) in [6.07, 6.45) is 2.56. The lowest BCUT2D eigenvalue weighted by atomic mass is 10.1. The summed E-state index contributed by atoms with van der Waals surface area (Å²) < 4.78 is 6.55. The van der Waals surface area contributed by atoms with Crippen molar-refractivity contribution in [2.45, 2.75) is 18.9 Å². The number of rotatable bonds is 2. The molecule has 0 amide bonds. The Kier molecular flexibility index (Phi) is 5.36. The Morgan fingerprint density at radius 1 is 1.47 bits per heavy atom. The lowest BCUT2D eigenvalue weighted by Gasteiger charge is -2.23. The van der Waals surface area contributed by atoms with Gasteiger partial charge in [-0.25, -0.2) is 4.98 Å². The Morgan fingerprint density at radius 3 is 3.00 bits per heavy atom. The maximum Gasteiger partial charge on any atom is 0.214 e. The minimum atomic E-state index is 0. The second-order valence-electron chi connectivity index (χ2n) is 3.38. The predicted octanol–water partition coefficient (Wildman–Crippen LogP) is 2.40. The molecule has 84 valence electrons. The van der Waals surface area contributed by atoms with Gasteiger partial charge >= 0.3 is 0 Å². The van der Waals surface area contributed by atoms with Crippen molar-refractivity contribution >= 4 is 28.3 Å². The summed E-state index contributed by atoms with van der Waals surface area (Å²) in [5.41, 5.74) is 0. The van der Waals surface area contributed by atoms with Gasteiger partial charge in [-0.3, -0.25) is 0 Å². The van der Waals surface area contributed by atoms with Crippen LogP contribution in [-0.2, 0) is 0 Å². The number of pyridine rings is 1. The molecule has 0 saturated carbocycles. The van der Waals surface area contributed by atoms with Crippen LogP contribution in [0.5, 0.6) is 5.88 Å². The zero-order valence-electron chi connectivity index (χ0n) is 8.28. The fourth-order valence-electron chi connectivity index (χ4n) is 1.55. The van der Waals surface area contributed by atoms with Gasteiger partial charge in [-0.15, -0.1) is 12.4 Å². The van der Waals surface area contributed by atoms with Gasteiger partial charge in [-0.05, 0) is 41.4 Å². The molecule has 15 heavy (non-hydrogen) atoms. The van der Waals surface area contributed by atoms with Crippen molar-refractivity contribution in [3.63, 3.8) is 0 Å². The molecule has 1 atom stereocenters. The maximum absolute atomic E-state index is 5.73. The topological polar surface area (TPSA) is 34.1 Å². The van der Waals surface area contributed by atoms with Crippen molar-refractivity contribution in [1.82, 2.24) is 10.3 Å². The Hall–Kier alpha value is -0.320. The molecule has 2 rings (SSSR count).